The molecule has 0 spiro atoms. The van der Waals surface area contributed by atoms with Gasteiger partial charge in [-0.1, -0.05) is 5.57 Å². The lowest BCUT2D eigenvalue weighted by atomic mass is 9.89. The van der Waals surface area contributed by atoms with Crippen LogP contribution in [-0.4, -0.2) is 24.3 Å². The van der Waals surface area contributed by atoms with Crippen LogP contribution in [0.4, 0.5) is 0 Å². The van der Waals surface area contributed by atoms with Crippen LogP contribution >= 0.6 is 0 Å². The Kier molecular flexibility index (Phi) is 3.50. The highest BCUT2D eigenvalue weighted by Crippen LogP contribution is 2.46. The highest BCUT2D eigenvalue weighted by molar-refractivity contribution is 5.95. The summed E-state index contributed by atoms with van der Waals surface area (Å²) in [5, 5.41) is 0. The second kappa shape index (κ2) is 4.75. The van der Waals surface area contributed by atoms with Crippen LogP contribution in [0.2, 0.25) is 0 Å². The molecule has 2 rings (SSSR count). The summed E-state index contributed by atoms with van der Waals surface area (Å²) in [5.41, 5.74) is 1.85. The molecule has 2 atom stereocenters. The molecule has 17 heavy (non-hydrogen) atoms. The second-order valence-corrected chi connectivity index (χ2v) is 4.97. The van der Waals surface area contributed by atoms with Gasteiger partial charge in [0.1, 0.15) is 5.60 Å². The minimum Gasteiger partial charge on any atom is -0.353 e. The molecule has 2 aliphatic rings. The predicted molar refractivity (Wildman–Crippen MR) is 65.6 cm³/mol. The number of rotatable bonds is 5. The fourth-order valence-electron chi connectivity index (χ4n) is 2.61. The second-order valence-electron chi connectivity index (χ2n) is 4.97. The van der Waals surface area contributed by atoms with Gasteiger partial charge in [-0.2, -0.15) is 0 Å². The third-order valence-corrected chi connectivity index (χ3v) is 3.43. The molecule has 3 nitrogen and oxygen atoms in total. The Labute approximate surface area is 102 Å². The molecule has 0 aromatic rings. The summed E-state index contributed by atoms with van der Waals surface area (Å²) < 4.78 is 11.5. The zero-order valence-electron chi connectivity index (χ0n) is 10.6. The molecular weight excluding hydrogens is 216 g/mol. The highest BCUT2D eigenvalue weighted by Gasteiger charge is 2.49. The van der Waals surface area contributed by atoms with Gasteiger partial charge in [-0.3, -0.25) is 4.79 Å². The van der Waals surface area contributed by atoms with Gasteiger partial charge < -0.3 is 9.47 Å². The van der Waals surface area contributed by atoms with Crippen LogP contribution in [0.25, 0.3) is 0 Å². The normalized spacial score (nSPS) is 31.5. The fourth-order valence-corrected chi connectivity index (χ4v) is 2.61. The van der Waals surface area contributed by atoms with E-state index in [2.05, 4.69) is 6.58 Å². The van der Waals surface area contributed by atoms with Gasteiger partial charge >= 0.3 is 0 Å². The summed E-state index contributed by atoms with van der Waals surface area (Å²) in [6, 6.07) is 0. The lowest BCUT2D eigenvalue weighted by molar-refractivity contribution is -0.166. The number of allylic oxidation sites excluding steroid dienone is 2. The number of ether oxygens (including phenoxy) is 2. The standard InChI is InChI=1S/C14H20O3/c1-4-16-13-8-11-7-12(15)9-14(11,17-13)6-5-10(2)3/h7,13H,2,4-6,8-9H2,1,3H3/t13?,14-/m0/s1. The van der Waals surface area contributed by atoms with Crippen molar-refractivity contribution in [2.45, 2.75) is 51.4 Å². The van der Waals surface area contributed by atoms with E-state index in [1.807, 2.05) is 13.8 Å². The van der Waals surface area contributed by atoms with E-state index in [4.69, 9.17) is 9.47 Å². The smallest absolute Gasteiger partial charge is 0.162 e. The predicted octanol–water partition coefficient (Wildman–Crippen LogP) is 2.76. The Morgan fingerprint density at radius 2 is 2.47 bits per heavy atom. The van der Waals surface area contributed by atoms with Crippen molar-refractivity contribution in [3.05, 3.63) is 23.8 Å². The first-order valence-electron chi connectivity index (χ1n) is 6.23. The number of ketones is 1. The zero-order chi connectivity index (χ0) is 12.5. The Morgan fingerprint density at radius 3 is 3.12 bits per heavy atom. The highest BCUT2D eigenvalue weighted by atomic mass is 16.7. The monoisotopic (exact) mass is 236 g/mol. The van der Waals surface area contributed by atoms with E-state index in [0.29, 0.717) is 13.0 Å². The lowest BCUT2D eigenvalue weighted by Gasteiger charge is -2.26. The van der Waals surface area contributed by atoms with Gasteiger partial charge in [-0.25, -0.2) is 0 Å². The van der Waals surface area contributed by atoms with Crippen LogP contribution in [0.15, 0.2) is 23.8 Å². The van der Waals surface area contributed by atoms with Gasteiger partial charge in [-0.05, 0) is 38.3 Å². The van der Waals surface area contributed by atoms with Gasteiger partial charge in [-0.15, -0.1) is 6.58 Å². The van der Waals surface area contributed by atoms with Crippen molar-refractivity contribution in [3.63, 3.8) is 0 Å². The number of carbonyl (C=O) groups is 1. The maximum Gasteiger partial charge on any atom is 0.162 e. The van der Waals surface area contributed by atoms with Crippen LogP contribution < -0.4 is 0 Å². The largest absolute Gasteiger partial charge is 0.353 e. The minimum atomic E-state index is -0.393. The zero-order valence-corrected chi connectivity index (χ0v) is 10.6. The molecule has 1 unspecified atom stereocenters. The molecule has 0 aromatic heterocycles. The molecule has 94 valence electrons. The van der Waals surface area contributed by atoms with Crippen molar-refractivity contribution in [1.29, 1.82) is 0 Å². The van der Waals surface area contributed by atoms with E-state index in [0.717, 1.165) is 30.4 Å². The van der Waals surface area contributed by atoms with Crippen molar-refractivity contribution < 1.29 is 14.3 Å². The SMILES string of the molecule is C=C(C)CC[C@]12CC(=O)C=C1CC(OCC)O2. The molecule has 1 heterocycles. The summed E-state index contributed by atoms with van der Waals surface area (Å²) in [4.78, 5) is 11.6. The average molecular weight is 236 g/mol. The van der Waals surface area contributed by atoms with Crippen molar-refractivity contribution >= 4 is 5.78 Å². The first-order valence-corrected chi connectivity index (χ1v) is 6.23. The van der Waals surface area contributed by atoms with Crippen molar-refractivity contribution in [3.8, 4) is 0 Å². The summed E-state index contributed by atoms with van der Waals surface area (Å²) in [6.07, 6.45) is 4.50. The number of carbonyl (C=O) groups excluding carboxylic acids is 1. The van der Waals surface area contributed by atoms with Crippen LogP contribution in [0.1, 0.15) is 39.5 Å². The number of hydrogen-bond acceptors (Lipinski definition) is 3. The summed E-state index contributed by atoms with van der Waals surface area (Å²) in [7, 11) is 0. The van der Waals surface area contributed by atoms with Gasteiger partial charge in [0.05, 0.1) is 0 Å². The van der Waals surface area contributed by atoms with Crippen molar-refractivity contribution in [1.82, 2.24) is 0 Å². The van der Waals surface area contributed by atoms with E-state index in [-0.39, 0.29) is 12.1 Å². The maximum absolute atomic E-state index is 11.6. The van der Waals surface area contributed by atoms with Crippen molar-refractivity contribution in [2.75, 3.05) is 6.61 Å². The van der Waals surface area contributed by atoms with Crippen molar-refractivity contribution in [2.24, 2.45) is 0 Å². The first-order chi connectivity index (χ1) is 8.05. The Bertz CT molecular complexity index is 370. The molecule has 0 bridgehead atoms. The Morgan fingerprint density at radius 1 is 1.71 bits per heavy atom. The molecule has 0 saturated carbocycles. The third kappa shape index (κ3) is 2.50. The van der Waals surface area contributed by atoms with Gasteiger partial charge in [0.25, 0.3) is 0 Å². The van der Waals surface area contributed by atoms with Crippen LogP contribution in [0, 0.1) is 0 Å². The van der Waals surface area contributed by atoms with E-state index in [9.17, 15) is 4.79 Å². The molecule has 0 N–H and O–H groups in total. The molecule has 3 heteroatoms. The van der Waals surface area contributed by atoms with Crippen LogP contribution in [0.5, 0.6) is 0 Å². The quantitative estimate of drug-likeness (QED) is 0.688. The molecule has 0 radical (unpaired) electrons. The minimum absolute atomic E-state index is 0.176. The van der Waals surface area contributed by atoms with Crippen LogP contribution in [-0.2, 0) is 14.3 Å². The Balaban J connectivity index is 2.10. The average Bonchev–Trinajstić information content (AvgIpc) is 2.68. The summed E-state index contributed by atoms with van der Waals surface area (Å²) >= 11 is 0. The van der Waals surface area contributed by atoms with E-state index < -0.39 is 5.60 Å². The topological polar surface area (TPSA) is 35.5 Å². The summed E-state index contributed by atoms with van der Waals surface area (Å²) in [6.45, 7) is 8.51. The molecule has 1 fully saturated rings. The lowest BCUT2D eigenvalue weighted by Crippen LogP contribution is -2.30. The molecule has 0 amide bonds. The van der Waals surface area contributed by atoms with E-state index >= 15 is 0 Å². The number of hydrogen-bond donors (Lipinski definition) is 0. The van der Waals surface area contributed by atoms with Crippen LogP contribution in [0.3, 0.4) is 0 Å². The third-order valence-electron chi connectivity index (χ3n) is 3.43. The van der Waals surface area contributed by atoms with E-state index in [1.165, 1.54) is 0 Å². The maximum atomic E-state index is 11.6. The summed E-state index contributed by atoms with van der Waals surface area (Å²) in [5.74, 6) is 0.177. The van der Waals surface area contributed by atoms with Gasteiger partial charge in [0.2, 0.25) is 0 Å². The number of fused-ring (bicyclic) bond motifs is 1. The molecular formula is C14H20O3. The molecule has 0 aromatic carbocycles. The fraction of sp³-hybridized carbons (Fsp3) is 0.643. The molecule has 1 aliphatic carbocycles. The first kappa shape index (κ1) is 12.5. The Hall–Kier alpha value is -0.930. The van der Waals surface area contributed by atoms with Gasteiger partial charge in [0.15, 0.2) is 12.1 Å². The van der Waals surface area contributed by atoms with Gasteiger partial charge in [0, 0.05) is 19.4 Å². The molecule has 1 aliphatic heterocycles. The molecule has 1 saturated heterocycles. The van der Waals surface area contributed by atoms with E-state index in [1.54, 1.807) is 6.08 Å².